The van der Waals surface area contributed by atoms with Gasteiger partial charge in [0.15, 0.2) is 11.5 Å². The molecule has 2 amide bonds. The van der Waals surface area contributed by atoms with Gasteiger partial charge in [-0.25, -0.2) is 4.79 Å². The summed E-state index contributed by atoms with van der Waals surface area (Å²) in [5.41, 5.74) is 1.88. The Hall–Kier alpha value is -2.73. The summed E-state index contributed by atoms with van der Waals surface area (Å²) < 4.78 is 10.8. The Labute approximate surface area is 172 Å². The number of nitrogens with one attached hydrogen (secondary N) is 1. The van der Waals surface area contributed by atoms with E-state index in [1.54, 1.807) is 14.2 Å². The van der Waals surface area contributed by atoms with Crippen LogP contribution in [0.4, 0.5) is 10.5 Å². The van der Waals surface area contributed by atoms with E-state index in [2.05, 4.69) is 34.5 Å². The fourth-order valence-corrected chi connectivity index (χ4v) is 4.15. The first-order valence-electron chi connectivity index (χ1n) is 10.3. The highest BCUT2D eigenvalue weighted by molar-refractivity contribution is 5.92. The van der Waals surface area contributed by atoms with Gasteiger partial charge in [-0.05, 0) is 37.0 Å². The van der Waals surface area contributed by atoms with Gasteiger partial charge in [0.2, 0.25) is 0 Å². The molecule has 2 fully saturated rings. The molecule has 6 nitrogen and oxygen atoms in total. The van der Waals surface area contributed by atoms with Gasteiger partial charge in [0.05, 0.1) is 25.9 Å². The van der Waals surface area contributed by atoms with Gasteiger partial charge in [-0.3, -0.25) is 4.90 Å². The number of methoxy groups -OCH3 is 2. The highest BCUT2D eigenvalue weighted by Crippen LogP contribution is 2.35. The highest BCUT2D eigenvalue weighted by atomic mass is 16.5. The third-order valence-electron chi connectivity index (χ3n) is 5.80. The summed E-state index contributed by atoms with van der Waals surface area (Å²) in [6.45, 7) is 2.58. The first-order valence-corrected chi connectivity index (χ1v) is 10.3. The molecule has 1 saturated heterocycles. The predicted molar refractivity (Wildman–Crippen MR) is 114 cm³/mol. The number of urea groups is 1. The van der Waals surface area contributed by atoms with Crippen LogP contribution in [0.2, 0.25) is 0 Å². The van der Waals surface area contributed by atoms with Gasteiger partial charge < -0.3 is 19.7 Å². The summed E-state index contributed by atoms with van der Waals surface area (Å²) >= 11 is 0. The van der Waals surface area contributed by atoms with E-state index in [0.29, 0.717) is 23.2 Å². The summed E-state index contributed by atoms with van der Waals surface area (Å²) in [7, 11) is 3.18. The second-order valence-corrected chi connectivity index (χ2v) is 7.73. The van der Waals surface area contributed by atoms with Crippen molar-refractivity contribution >= 4 is 11.7 Å². The lowest BCUT2D eigenvalue weighted by molar-refractivity contribution is 0.0954. The molecule has 1 aliphatic carbocycles. The number of carbonyl (C=O) groups is 1. The summed E-state index contributed by atoms with van der Waals surface area (Å²) in [4.78, 5) is 17.8. The molecule has 2 aromatic rings. The molecule has 0 aromatic heterocycles. The molecule has 0 spiro atoms. The minimum atomic E-state index is -0.0899. The van der Waals surface area contributed by atoms with Crippen LogP contribution in [0.3, 0.4) is 0 Å². The normalized spacial score (nSPS) is 19.7. The number of hydrogen-bond donors (Lipinski definition) is 1. The molecule has 6 heteroatoms. The summed E-state index contributed by atoms with van der Waals surface area (Å²) in [5, 5.41) is 3.04. The molecule has 0 radical (unpaired) electrons. The largest absolute Gasteiger partial charge is 0.493 e. The number of amides is 2. The van der Waals surface area contributed by atoms with Crippen molar-refractivity contribution in [3.8, 4) is 11.5 Å². The molecular formula is C23H29N3O3. The van der Waals surface area contributed by atoms with Gasteiger partial charge in [0, 0.05) is 25.7 Å². The number of piperazine rings is 1. The van der Waals surface area contributed by atoms with Crippen molar-refractivity contribution in [3.63, 3.8) is 0 Å². The zero-order chi connectivity index (χ0) is 20.2. The second-order valence-electron chi connectivity index (χ2n) is 7.73. The van der Waals surface area contributed by atoms with Crippen molar-refractivity contribution in [2.24, 2.45) is 0 Å². The number of anilines is 1. The molecule has 1 unspecified atom stereocenters. The third-order valence-corrected chi connectivity index (χ3v) is 5.80. The van der Waals surface area contributed by atoms with Gasteiger partial charge in [-0.1, -0.05) is 36.4 Å². The lowest BCUT2D eigenvalue weighted by atomic mass is 10.0. The zero-order valence-corrected chi connectivity index (χ0v) is 17.1. The molecule has 29 heavy (non-hydrogen) atoms. The van der Waals surface area contributed by atoms with Crippen LogP contribution in [-0.4, -0.2) is 61.8 Å². The van der Waals surface area contributed by atoms with Crippen molar-refractivity contribution in [1.82, 2.24) is 9.80 Å². The van der Waals surface area contributed by atoms with E-state index in [1.807, 2.05) is 29.2 Å². The molecule has 1 saturated carbocycles. The van der Waals surface area contributed by atoms with Crippen molar-refractivity contribution in [2.45, 2.75) is 31.3 Å². The monoisotopic (exact) mass is 395 g/mol. The highest BCUT2D eigenvalue weighted by Gasteiger charge is 2.37. The van der Waals surface area contributed by atoms with E-state index in [4.69, 9.17) is 9.47 Å². The maximum absolute atomic E-state index is 13.2. The average Bonchev–Trinajstić information content (AvgIpc) is 3.59. The maximum atomic E-state index is 13.2. The average molecular weight is 396 g/mol. The molecular weight excluding hydrogens is 366 g/mol. The Morgan fingerprint density at radius 3 is 2.52 bits per heavy atom. The fourth-order valence-electron chi connectivity index (χ4n) is 4.15. The van der Waals surface area contributed by atoms with Gasteiger partial charge in [-0.15, -0.1) is 0 Å². The van der Waals surface area contributed by atoms with Crippen molar-refractivity contribution in [3.05, 3.63) is 54.1 Å². The van der Waals surface area contributed by atoms with Crippen LogP contribution in [-0.2, 0) is 6.42 Å². The number of ether oxygens (including phenoxy) is 2. The number of carbonyl (C=O) groups excluding carboxylic acids is 1. The van der Waals surface area contributed by atoms with Crippen molar-refractivity contribution in [1.29, 1.82) is 0 Å². The van der Waals surface area contributed by atoms with Gasteiger partial charge in [0.1, 0.15) is 0 Å². The quantitative estimate of drug-likeness (QED) is 0.812. The minimum absolute atomic E-state index is 0.0899. The number of hydrogen-bond acceptors (Lipinski definition) is 4. The maximum Gasteiger partial charge on any atom is 0.322 e. The fraction of sp³-hybridized carbons (Fsp3) is 0.435. The van der Waals surface area contributed by atoms with Crippen molar-refractivity contribution in [2.75, 3.05) is 39.2 Å². The van der Waals surface area contributed by atoms with Crippen LogP contribution < -0.4 is 14.8 Å². The van der Waals surface area contributed by atoms with Crippen LogP contribution in [0.15, 0.2) is 48.5 Å². The number of benzene rings is 2. The van der Waals surface area contributed by atoms with E-state index in [0.717, 1.165) is 26.1 Å². The van der Waals surface area contributed by atoms with Crippen LogP contribution in [0.25, 0.3) is 0 Å². The Kier molecular flexibility index (Phi) is 5.90. The predicted octanol–water partition coefficient (Wildman–Crippen LogP) is 3.63. The number of nitrogens with zero attached hydrogens (tertiary/aromatic N) is 2. The van der Waals surface area contributed by atoms with Gasteiger partial charge in [0.25, 0.3) is 0 Å². The Bertz CT molecular complexity index is 839. The number of rotatable bonds is 6. The van der Waals surface area contributed by atoms with Crippen LogP contribution >= 0.6 is 0 Å². The Morgan fingerprint density at radius 1 is 1.03 bits per heavy atom. The number of para-hydroxylation sites is 1. The Balaban J connectivity index is 1.52. The third kappa shape index (κ3) is 4.48. The van der Waals surface area contributed by atoms with Crippen LogP contribution in [0, 0.1) is 0 Å². The van der Waals surface area contributed by atoms with Gasteiger partial charge >= 0.3 is 6.03 Å². The van der Waals surface area contributed by atoms with Crippen LogP contribution in [0.5, 0.6) is 11.5 Å². The molecule has 1 aliphatic heterocycles. The Morgan fingerprint density at radius 2 is 1.83 bits per heavy atom. The van der Waals surface area contributed by atoms with E-state index in [-0.39, 0.29) is 12.1 Å². The molecule has 2 aliphatic rings. The zero-order valence-electron chi connectivity index (χ0n) is 17.1. The minimum Gasteiger partial charge on any atom is -0.493 e. The summed E-state index contributed by atoms with van der Waals surface area (Å²) in [5.74, 6) is 1.14. The van der Waals surface area contributed by atoms with Crippen molar-refractivity contribution < 1.29 is 14.3 Å². The van der Waals surface area contributed by atoms with E-state index in [1.165, 1.54) is 18.4 Å². The molecule has 154 valence electrons. The lowest BCUT2D eigenvalue weighted by Crippen LogP contribution is -2.57. The molecule has 1 atom stereocenters. The van der Waals surface area contributed by atoms with E-state index < -0.39 is 0 Å². The molecule has 0 bridgehead atoms. The first-order chi connectivity index (χ1) is 14.2. The smallest absolute Gasteiger partial charge is 0.322 e. The lowest BCUT2D eigenvalue weighted by Gasteiger charge is -2.41. The summed E-state index contributed by atoms with van der Waals surface area (Å²) in [6, 6.07) is 16.7. The molecule has 2 aromatic carbocycles. The molecule has 1 heterocycles. The van der Waals surface area contributed by atoms with Gasteiger partial charge in [-0.2, -0.15) is 0 Å². The van der Waals surface area contributed by atoms with E-state index in [9.17, 15) is 4.79 Å². The SMILES string of the molecule is COc1cccc(NC(=O)N2CCN(C3CC3)CC2Cc2ccccc2)c1OC. The molecule has 4 rings (SSSR count). The standard InChI is InChI=1S/C23H29N3O3/c1-28-21-10-6-9-20(22(21)29-2)24-23(27)26-14-13-25(18-11-12-18)16-19(26)15-17-7-4-3-5-8-17/h3-10,18-19H,11-16H2,1-2H3,(H,24,27). The second kappa shape index (κ2) is 8.74. The topological polar surface area (TPSA) is 54.0 Å². The molecule has 1 N–H and O–H groups in total. The first kappa shape index (κ1) is 19.6. The van der Waals surface area contributed by atoms with Crippen LogP contribution in [0.1, 0.15) is 18.4 Å². The van der Waals surface area contributed by atoms with E-state index >= 15 is 0 Å². The summed E-state index contributed by atoms with van der Waals surface area (Å²) in [6.07, 6.45) is 3.42.